The third kappa shape index (κ3) is 4.24. The second-order valence-electron chi connectivity index (χ2n) is 6.31. The summed E-state index contributed by atoms with van der Waals surface area (Å²) in [5, 5.41) is 6.88. The third-order valence-corrected chi connectivity index (χ3v) is 4.53. The maximum Gasteiger partial charge on any atom is 0.191 e. The molecule has 2 bridgehead atoms. The molecule has 0 spiro atoms. The number of benzene rings is 1. The normalized spacial score (nSPS) is 26.5. The molecule has 1 aromatic carbocycles. The second kappa shape index (κ2) is 7.79. The molecule has 0 radical (unpaired) electrons. The molecule has 0 aliphatic carbocycles. The molecule has 2 aliphatic rings. The van der Waals surface area contributed by atoms with Crippen molar-refractivity contribution in [3.8, 4) is 0 Å². The van der Waals surface area contributed by atoms with E-state index in [0.29, 0.717) is 31.4 Å². The highest BCUT2D eigenvalue weighted by molar-refractivity contribution is 5.80. The number of guanidine groups is 1. The lowest BCUT2D eigenvalue weighted by Gasteiger charge is -2.22. The van der Waals surface area contributed by atoms with Crippen LogP contribution in [0.1, 0.15) is 37.3 Å². The van der Waals surface area contributed by atoms with Crippen LogP contribution in [-0.2, 0) is 22.6 Å². The van der Waals surface area contributed by atoms with Crippen molar-refractivity contribution >= 4 is 5.96 Å². The monoisotopic (exact) mass is 317 g/mol. The van der Waals surface area contributed by atoms with E-state index in [0.717, 1.165) is 18.9 Å². The summed E-state index contributed by atoms with van der Waals surface area (Å²) < 4.78 is 11.0. The van der Waals surface area contributed by atoms with Crippen molar-refractivity contribution in [2.75, 3.05) is 13.7 Å². The van der Waals surface area contributed by atoms with Crippen molar-refractivity contribution in [3.05, 3.63) is 35.4 Å². The van der Waals surface area contributed by atoms with Crippen LogP contribution >= 0.6 is 0 Å². The molecule has 0 amide bonds. The first-order valence-corrected chi connectivity index (χ1v) is 8.55. The van der Waals surface area contributed by atoms with Gasteiger partial charge in [-0.05, 0) is 37.3 Å². The number of rotatable bonds is 6. The Morgan fingerprint density at radius 2 is 2.04 bits per heavy atom. The number of hydrogen-bond donors (Lipinski definition) is 2. The number of nitrogens with zero attached hydrogens (tertiary/aromatic N) is 1. The van der Waals surface area contributed by atoms with Crippen LogP contribution in [0.3, 0.4) is 0 Å². The highest BCUT2D eigenvalue weighted by atomic mass is 16.5. The number of fused-ring (bicyclic) bond motifs is 2. The Morgan fingerprint density at radius 1 is 1.26 bits per heavy atom. The van der Waals surface area contributed by atoms with Crippen LogP contribution in [0.25, 0.3) is 0 Å². The smallest absolute Gasteiger partial charge is 0.191 e. The Hall–Kier alpha value is -1.59. The molecule has 2 heterocycles. The van der Waals surface area contributed by atoms with Crippen molar-refractivity contribution in [2.24, 2.45) is 4.99 Å². The summed E-state index contributed by atoms with van der Waals surface area (Å²) in [6.07, 6.45) is 4.29. The predicted octanol–water partition coefficient (Wildman–Crippen LogP) is 2.21. The lowest BCUT2D eigenvalue weighted by Crippen LogP contribution is -2.47. The Labute approximate surface area is 138 Å². The fourth-order valence-corrected chi connectivity index (χ4v) is 3.36. The van der Waals surface area contributed by atoms with E-state index in [1.807, 2.05) is 0 Å². The number of methoxy groups -OCH3 is 1. The number of ether oxygens (including phenoxy) is 2. The maximum atomic E-state index is 5.91. The molecule has 2 saturated heterocycles. The van der Waals surface area contributed by atoms with Crippen molar-refractivity contribution in [2.45, 2.75) is 57.6 Å². The van der Waals surface area contributed by atoms with Gasteiger partial charge in [-0.25, -0.2) is 4.99 Å². The van der Waals surface area contributed by atoms with Crippen LogP contribution in [0.4, 0.5) is 0 Å². The molecule has 2 N–H and O–H groups in total. The Bertz CT molecular complexity index is 530. The van der Waals surface area contributed by atoms with Crippen LogP contribution in [0, 0.1) is 0 Å². The molecule has 5 heteroatoms. The lowest BCUT2D eigenvalue weighted by molar-refractivity contribution is 0.0992. The minimum absolute atomic E-state index is 0.359. The first-order chi connectivity index (χ1) is 11.3. The number of hydrogen-bond acceptors (Lipinski definition) is 3. The molecular weight excluding hydrogens is 290 g/mol. The molecule has 3 atom stereocenters. The minimum Gasteiger partial charge on any atom is -0.380 e. The van der Waals surface area contributed by atoms with Crippen molar-refractivity contribution in [1.82, 2.24) is 10.6 Å². The Morgan fingerprint density at radius 3 is 2.65 bits per heavy atom. The summed E-state index contributed by atoms with van der Waals surface area (Å²) in [4.78, 5) is 4.71. The SMILES string of the molecule is CCNC(=NCc1ccc(COC)cc1)NC1CC2CCC1O2. The number of aliphatic imine (C=N–C) groups is 1. The molecule has 2 aliphatic heterocycles. The van der Waals surface area contributed by atoms with Gasteiger partial charge in [0.2, 0.25) is 0 Å². The lowest BCUT2D eigenvalue weighted by atomic mass is 9.96. The Balaban J connectivity index is 1.57. The van der Waals surface area contributed by atoms with E-state index in [1.165, 1.54) is 24.0 Å². The zero-order valence-corrected chi connectivity index (χ0v) is 14.0. The highest BCUT2D eigenvalue weighted by Crippen LogP contribution is 2.34. The van der Waals surface area contributed by atoms with Crippen molar-refractivity contribution < 1.29 is 9.47 Å². The van der Waals surface area contributed by atoms with Gasteiger partial charge in [0.05, 0.1) is 31.4 Å². The van der Waals surface area contributed by atoms with Crippen LogP contribution in [0.5, 0.6) is 0 Å². The standard InChI is InChI=1S/C18H27N3O2/c1-3-19-18(21-16-10-15-8-9-17(16)23-15)20-11-13-4-6-14(7-5-13)12-22-2/h4-7,15-17H,3,8-12H2,1-2H3,(H2,19,20,21). The highest BCUT2D eigenvalue weighted by Gasteiger charge is 2.41. The van der Waals surface area contributed by atoms with E-state index in [1.54, 1.807) is 7.11 Å². The third-order valence-electron chi connectivity index (χ3n) is 4.53. The topological polar surface area (TPSA) is 54.9 Å². The predicted molar refractivity (Wildman–Crippen MR) is 91.4 cm³/mol. The van der Waals surface area contributed by atoms with Crippen molar-refractivity contribution in [3.63, 3.8) is 0 Å². The van der Waals surface area contributed by atoms with Crippen molar-refractivity contribution in [1.29, 1.82) is 0 Å². The molecular formula is C18H27N3O2. The van der Waals surface area contributed by atoms with Gasteiger partial charge in [-0.2, -0.15) is 0 Å². The van der Waals surface area contributed by atoms with Gasteiger partial charge in [0, 0.05) is 13.7 Å². The van der Waals surface area contributed by atoms with Crippen LogP contribution in [-0.4, -0.2) is 37.9 Å². The summed E-state index contributed by atoms with van der Waals surface area (Å²) in [5.41, 5.74) is 2.38. The van der Waals surface area contributed by atoms with E-state index in [2.05, 4.69) is 41.8 Å². The summed E-state index contributed by atoms with van der Waals surface area (Å²) in [5.74, 6) is 0.884. The van der Waals surface area contributed by atoms with Crippen LogP contribution in [0.15, 0.2) is 29.3 Å². The van der Waals surface area contributed by atoms with E-state index in [-0.39, 0.29) is 0 Å². The van der Waals surface area contributed by atoms with E-state index in [4.69, 9.17) is 14.5 Å². The minimum atomic E-state index is 0.359. The molecule has 0 aromatic heterocycles. The fourth-order valence-electron chi connectivity index (χ4n) is 3.36. The van der Waals surface area contributed by atoms with E-state index < -0.39 is 0 Å². The first-order valence-electron chi connectivity index (χ1n) is 8.55. The second-order valence-corrected chi connectivity index (χ2v) is 6.31. The summed E-state index contributed by atoms with van der Waals surface area (Å²) in [7, 11) is 1.71. The Kier molecular flexibility index (Phi) is 5.51. The zero-order chi connectivity index (χ0) is 16.1. The molecule has 3 rings (SSSR count). The summed E-state index contributed by atoms with van der Waals surface area (Å²) in [6.45, 7) is 4.27. The van der Waals surface area contributed by atoms with Gasteiger partial charge in [-0.3, -0.25) is 0 Å². The average Bonchev–Trinajstić information content (AvgIpc) is 3.17. The van der Waals surface area contributed by atoms with Gasteiger partial charge >= 0.3 is 0 Å². The average molecular weight is 317 g/mol. The van der Waals surface area contributed by atoms with Crippen LogP contribution in [0.2, 0.25) is 0 Å². The summed E-state index contributed by atoms with van der Waals surface area (Å²) in [6, 6.07) is 8.82. The maximum absolute atomic E-state index is 5.91. The van der Waals surface area contributed by atoms with E-state index in [9.17, 15) is 0 Å². The first kappa shape index (κ1) is 16.3. The fraction of sp³-hybridized carbons (Fsp3) is 0.611. The molecule has 0 saturated carbocycles. The number of nitrogens with one attached hydrogen (secondary N) is 2. The van der Waals surface area contributed by atoms with Gasteiger partial charge in [0.15, 0.2) is 5.96 Å². The molecule has 23 heavy (non-hydrogen) atoms. The molecule has 5 nitrogen and oxygen atoms in total. The summed E-state index contributed by atoms with van der Waals surface area (Å²) >= 11 is 0. The van der Waals surface area contributed by atoms with Gasteiger partial charge in [-0.15, -0.1) is 0 Å². The van der Waals surface area contributed by atoms with E-state index >= 15 is 0 Å². The largest absolute Gasteiger partial charge is 0.380 e. The van der Waals surface area contributed by atoms with Gasteiger partial charge in [-0.1, -0.05) is 24.3 Å². The molecule has 1 aromatic rings. The molecule has 2 fully saturated rings. The zero-order valence-electron chi connectivity index (χ0n) is 14.0. The molecule has 126 valence electrons. The molecule has 3 unspecified atom stereocenters. The van der Waals surface area contributed by atoms with Gasteiger partial charge < -0.3 is 20.1 Å². The quantitative estimate of drug-likeness (QED) is 0.624. The van der Waals surface area contributed by atoms with Gasteiger partial charge in [0.1, 0.15) is 0 Å². The van der Waals surface area contributed by atoms with Crippen LogP contribution < -0.4 is 10.6 Å². The van der Waals surface area contributed by atoms with Gasteiger partial charge in [0.25, 0.3) is 0 Å².